The van der Waals surface area contributed by atoms with Crippen molar-refractivity contribution in [2.24, 2.45) is 0 Å². The number of thioether (sulfide) groups is 1. The van der Waals surface area contributed by atoms with Crippen LogP contribution in [0.5, 0.6) is 0 Å². The number of nitrogens with zero attached hydrogens (tertiary/aromatic N) is 4. The molecule has 104 valence electrons. The Morgan fingerprint density at radius 2 is 2.25 bits per heavy atom. The van der Waals surface area contributed by atoms with Gasteiger partial charge in [0.05, 0.1) is 18.5 Å². The van der Waals surface area contributed by atoms with E-state index in [1.54, 1.807) is 28.4 Å². The van der Waals surface area contributed by atoms with Crippen molar-refractivity contribution in [1.29, 1.82) is 0 Å². The molecular weight excluding hydrogens is 296 g/mol. The van der Waals surface area contributed by atoms with Crippen molar-refractivity contribution in [2.45, 2.75) is 11.9 Å². The monoisotopic (exact) mass is 308 g/mol. The molecule has 0 saturated carbocycles. The molecule has 20 heavy (non-hydrogen) atoms. The Hall–Kier alpha value is -1.53. The van der Waals surface area contributed by atoms with E-state index in [0.29, 0.717) is 17.3 Å². The number of carbonyl (C=O) groups excluding carboxylic acids is 1. The zero-order valence-electron chi connectivity index (χ0n) is 10.9. The van der Waals surface area contributed by atoms with Gasteiger partial charge in [0.25, 0.3) is 0 Å². The molecule has 5 nitrogen and oxygen atoms in total. The van der Waals surface area contributed by atoms with Gasteiger partial charge in [-0.15, -0.1) is 16.9 Å². The fourth-order valence-corrected chi connectivity index (χ4v) is 3.40. The van der Waals surface area contributed by atoms with Crippen molar-refractivity contribution < 1.29 is 4.79 Å². The fourth-order valence-electron chi connectivity index (χ4n) is 2.08. The van der Waals surface area contributed by atoms with Gasteiger partial charge in [0.2, 0.25) is 5.91 Å². The molecule has 1 fully saturated rings. The molecule has 1 aliphatic rings. The van der Waals surface area contributed by atoms with Gasteiger partial charge in [0.15, 0.2) is 0 Å². The van der Waals surface area contributed by atoms with Gasteiger partial charge in [0, 0.05) is 12.1 Å². The molecule has 1 aliphatic heterocycles. The number of rotatable bonds is 3. The lowest BCUT2D eigenvalue weighted by molar-refractivity contribution is -0.126. The Morgan fingerprint density at radius 1 is 1.45 bits per heavy atom. The topological polar surface area (TPSA) is 51.0 Å². The van der Waals surface area contributed by atoms with E-state index in [1.807, 2.05) is 30.5 Å². The second-order valence-corrected chi connectivity index (χ2v) is 6.08. The largest absolute Gasteiger partial charge is 0.327 e. The zero-order valence-corrected chi connectivity index (χ0v) is 12.4. The molecular formula is C13H13ClN4OS. The minimum Gasteiger partial charge on any atom is -0.327 e. The minimum absolute atomic E-state index is 0.0394. The second-order valence-electron chi connectivity index (χ2n) is 4.60. The van der Waals surface area contributed by atoms with Crippen LogP contribution in [0.15, 0.2) is 30.5 Å². The van der Waals surface area contributed by atoms with Crippen molar-refractivity contribution >= 4 is 29.3 Å². The number of hydrogen-bond donors (Lipinski definition) is 0. The summed E-state index contributed by atoms with van der Waals surface area (Å²) in [6.07, 6.45) is 1.87. The molecule has 1 amide bonds. The third-order valence-electron chi connectivity index (χ3n) is 3.21. The number of aromatic nitrogens is 3. The quantitative estimate of drug-likeness (QED) is 0.872. The maximum atomic E-state index is 11.5. The SMILES string of the molecule is CN1C(=O)CS[C@@H]1c1cn(Cc2ccccc2Cl)nn1. The van der Waals surface area contributed by atoms with Crippen molar-refractivity contribution in [2.75, 3.05) is 12.8 Å². The standard InChI is InChI=1S/C13H13ClN4OS/c1-17-12(19)8-20-13(17)11-7-18(16-15-11)6-9-4-2-3-5-10(9)14/h2-5,7,13H,6,8H2,1H3/t13-/m1/s1. The summed E-state index contributed by atoms with van der Waals surface area (Å²) < 4.78 is 1.74. The van der Waals surface area contributed by atoms with Crippen LogP contribution in [-0.4, -0.2) is 38.6 Å². The lowest BCUT2D eigenvalue weighted by atomic mass is 10.2. The van der Waals surface area contributed by atoms with E-state index in [1.165, 1.54) is 0 Å². The first-order valence-corrected chi connectivity index (χ1v) is 7.58. The van der Waals surface area contributed by atoms with Crippen LogP contribution in [0.25, 0.3) is 0 Å². The molecule has 1 aromatic carbocycles. The Bertz CT molecular complexity index is 645. The molecule has 0 spiro atoms. The molecule has 0 N–H and O–H groups in total. The zero-order chi connectivity index (χ0) is 14.1. The van der Waals surface area contributed by atoms with Crippen molar-refractivity contribution in [3.8, 4) is 0 Å². The Kier molecular flexibility index (Phi) is 3.67. The predicted octanol–water partition coefficient (Wildman–Crippen LogP) is 2.18. The summed E-state index contributed by atoms with van der Waals surface area (Å²) in [4.78, 5) is 13.2. The van der Waals surface area contributed by atoms with Crippen LogP contribution in [0, 0.1) is 0 Å². The van der Waals surface area contributed by atoms with E-state index in [-0.39, 0.29) is 11.3 Å². The average Bonchev–Trinajstić information content (AvgIpc) is 3.01. The van der Waals surface area contributed by atoms with E-state index in [2.05, 4.69) is 10.3 Å². The number of hydrogen-bond acceptors (Lipinski definition) is 4. The summed E-state index contributed by atoms with van der Waals surface area (Å²) in [5.74, 6) is 0.624. The molecule has 1 saturated heterocycles. The highest BCUT2D eigenvalue weighted by atomic mass is 35.5. The van der Waals surface area contributed by atoms with Crippen molar-refractivity contribution in [3.63, 3.8) is 0 Å². The maximum absolute atomic E-state index is 11.5. The molecule has 0 unspecified atom stereocenters. The molecule has 3 rings (SSSR count). The molecule has 0 radical (unpaired) electrons. The third-order valence-corrected chi connectivity index (χ3v) is 4.87. The van der Waals surface area contributed by atoms with Gasteiger partial charge < -0.3 is 4.90 Å². The minimum atomic E-state index is -0.0394. The fraction of sp³-hybridized carbons (Fsp3) is 0.308. The molecule has 1 atom stereocenters. The van der Waals surface area contributed by atoms with E-state index in [9.17, 15) is 4.79 Å². The Labute approximate surface area is 125 Å². The number of carbonyl (C=O) groups is 1. The molecule has 2 heterocycles. The lowest BCUT2D eigenvalue weighted by Gasteiger charge is -2.15. The first-order chi connectivity index (χ1) is 9.65. The predicted molar refractivity (Wildman–Crippen MR) is 78.5 cm³/mol. The average molecular weight is 309 g/mol. The van der Waals surface area contributed by atoms with Crippen LogP contribution in [0.3, 0.4) is 0 Å². The highest BCUT2D eigenvalue weighted by molar-refractivity contribution is 8.00. The van der Waals surface area contributed by atoms with E-state index in [0.717, 1.165) is 11.3 Å². The molecule has 1 aromatic heterocycles. The van der Waals surface area contributed by atoms with Crippen LogP contribution in [0.2, 0.25) is 5.02 Å². The number of halogens is 1. The van der Waals surface area contributed by atoms with Gasteiger partial charge >= 0.3 is 0 Å². The van der Waals surface area contributed by atoms with Crippen LogP contribution in [-0.2, 0) is 11.3 Å². The Morgan fingerprint density at radius 3 is 2.95 bits per heavy atom. The van der Waals surface area contributed by atoms with Gasteiger partial charge in [-0.3, -0.25) is 4.79 Å². The van der Waals surface area contributed by atoms with Crippen molar-refractivity contribution in [3.05, 3.63) is 46.7 Å². The third kappa shape index (κ3) is 2.53. The number of benzene rings is 1. The van der Waals surface area contributed by atoms with Crippen LogP contribution in [0.4, 0.5) is 0 Å². The van der Waals surface area contributed by atoms with Crippen LogP contribution in [0.1, 0.15) is 16.6 Å². The van der Waals surface area contributed by atoms with Gasteiger partial charge in [-0.1, -0.05) is 35.0 Å². The summed E-state index contributed by atoms with van der Waals surface area (Å²) in [5, 5.41) is 8.95. The summed E-state index contributed by atoms with van der Waals surface area (Å²) in [5.41, 5.74) is 1.80. The summed E-state index contributed by atoms with van der Waals surface area (Å²) in [6, 6.07) is 7.66. The van der Waals surface area contributed by atoms with E-state index in [4.69, 9.17) is 11.6 Å². The first kappa shape index (κ1) is 13.5. The first-order valence-electron chi connectivity index (χ1n) is 6.16. The van der Waals surface area contributed by atoms with Gasteiger partial charge in [-0.2, -0.15) is 0 Å². The van der Waals surface area contributed by atoms with E-state index < -0.39 is 0 Å². The van der Waals surface area contributed by atoms with E-state index >= 15 is 0 Å². The Balaban J connectivity index is 1.78. The maximum Gasteiger partial charge on any atom is 0.233 e. The highest BCUT2D eigenvalue weighted by Crippen LogP contribution is 2.35. The summed E-state index contributed by atoms with van der Waals surface area (Å²) in [7, 11) is 1.79. The number of amides is 1. The van der Waals surface area contributed by atoms with Gasteiger partial charge in [-0.25, -0.2) is 4.68 Å². The normalized spacial score (nSPS) is 18.8. The van der Waals surface area contributed by atoms with Gasteiger partial charge in [-0.05, 0) is 11.6 Å². The molecule has 7 heteroatoms. The summed E-state index contributed by atoms with van der Waals surface area (Å²) >= 11 is 7.70. The lowest BCUT2D eigenvalue weighted by Crippen LogP contribution is -2.23. The van der Waals surface area contributed by atoms with Gasteiger partial charge in [0.1, 0.15) is 11.1 Å². The smallest absolute Gasteiger partial charge is 0.233 e. The highest BCUT2D eigenvalue weighted by Gasteiger charge is 2.31. The van der Waals surface area contributed by atoms with Crippen molar-refractivity contribution in [1.82, 2.24) is 19.9 Å². The summed E-state index contributed by atoms with van der Waals surface area (Å²) in [6.45, 7) is 0.571. The molecule has 0 aliphatic carbocycles. The van der Waals surface area contributed by atoms with Crippen LogP contribution >= 0.6 is 23.4 Å². The van der Waals surface area contributed by atoms with Crippen LogP contribution < -0.4 is 0 Å². The molecule has 2 aromatic rings. The second kappa shape index (κ2) is 5.46. The molecule has 0 bridgehead atoms.